The highest BCUT2D eigenvalue weighted by Gasteiger charge is 2.19. The van der Waals surface area contributed by atoms with E-state index in [4.69, 9.17) is 9.47 Å². The van der Waals surface area contributed by atoms with Crippen LogP contribution in [0.2, 0.25) is 0 Å². The minimum absolute atomic E-state index is 0.0727. The molecule has 7 nitrogen and oxygen atoms in total. The number of nitrogens with one attached hydrogen (secondary N) is 1. The van der Waals surface area contributed by atoms with Crippen molar-refractivity contribution >= 4 is 27.9 Å². The highest BCUT2D eigenvalue weighted by molar-refractivity contribution is 7.17. The number of thiazole rings is 1. The van der Waals surface area contributed by atoms with E-state index in [0.717, 1.165) is 31.4 Å². The van der Waals surface area contributed by atoms with Gasteiger partial charge in [0.2, 0.25) is 0 Å². The number of benzene rings is 2. The van der Waals surface area contributed by atoms with Gasteiger partial charge in [-0.25, -0.2) is 4.98 Å². The van der Waals surface area contributed by atoms with E-state index in [2.05, 4.69) is 10.3 Å². The van der Waals surface area contributed by atoms with Gasteiger partial charge in [-0.2, -0.15) is 0 Å². The highest BCUT2D eigenvalue weighted by Crippen LogP contribution is 2.29. The lowest BCUT2D eigenvalue weighted by atomic mass is 10.0. The summed E-state index contributed by atoms with van der Waals surface area (Å²) in [5.41, 5.74) is 2.12. The lowest BCUT2D eigenvalue weighted by Crippen LogP contribution is -2.30. The molecule has 0 saturated heterocycles. The number of aryl methyl sites for hydroxylation is 2. The Hall–Kier alpha value is -3.65. The number of rotatable bonds is 7. The Kier molecular flexibility index (Phi) is 6.31. The third kappa shape index (κ3) is 4.68. The van der Waals surface area contributed by atoms with Crippen molar-refractivity contribution in [2.24, 2.45) is 0 Å². The molecule has 0 saturated carbocycles. The normalized spacial score (nSPS) is 13.8. The Morgan fingerprint density at radius 2 is 1.88 bits per heavy atom. The average Bonchev–Trinajstić information content (AvgIpc) is 3.23. The highest BCUT2D eigenvalue weighted by atomic mass is 32.1. The molecule has 0 fully saturated rings. The monoisotopic (exact) mass is 475 g/mol. The van der Waals surface area contributed by atoms with Gasteiger partial charge in [-0.05, 0) is 56.9 Å². The molecule has 2 aromatic heterocycles. The summed E-state index contributed by atoms with van der Waals surface area (Å²) >= 11 is 1.59. The average molecular weight is 476 g/mol. The second kappa shape index (κ2) is 9.69. The van der Waals surface area contributed by atoms with Crippen molar-refractivity contribution in [2.45, 2.75) is 45.3 Å². The van der Waals surface area contributed by atoms with Gasteiger partial charge in [0.1, 0.15) is 18.1 Å². The lowest BCUT2D eigenvalue weighted by Gasteiger charge is -2.16. The van der Waals surface area contributed by atoms with Gasteiger partial charge in [-0.1, -0.05) is 30.3 Å². The second-order valence-electron chi connectivity index (χ2n) is 8.23. The predicted octanol–water partition coefficient (Wildman–Crippen LogP) is 4.62. The van der Waals surface area contributed by atoms with Crippen molar-refractivity contribution in [1.29, 1.82) is 0 Å². The Labute approximate surface area is 201 Å². The quantitative estimate of drug-likeness (QED) is 0.422. The molecule has 0 bridgehead atoms. The number of nitrogens with zero attached hydrogens (tertiary/aromatic N) is 2. The molecular weight excluding hydrogens is 450 g/mol. The zero-order valence-electron chi connectivity index (χ0n) is 18.8. The second-order valence-corrected chi connectivity index (χ2v) is 9.29. The molecule has 2 heterocycles. The first kappa shape index (κ1) is 22.2. The number of hydrogen-bond donors (Lipinski definition) is 1. The number of anilines is 1. The number of para-hydroxylation sites is 3. The number of fused-ring (bicyclic) bond motifs is 3. The number of ether oxygens (including phenoxy) is 2. The Bertz CT molecular complexity index is 1380. The predicted molar refractivity (Wildman–Crippen MR) is 132 cm³/mol. The van der Waals surface area contributed by atoms with E-state index in [-0.39, 0.29) is 18.1 Å². The maximum atomic E-state index is 12.8. The first-order valence-corrected chi connectivity index (χ1v) is 12.2. The molecule has 8 heteroatoms. The first-order chi connectivity index (χ1) is 16.6. The molecule has 1 N–H and O–H groups in total. The summed E-state index contributed by atoms with van der Waals surface area (Å²) in [5, 5.41) is 2.87. The van der Waals surface area contributed by atoms with E-state index in [9.17, 15) is 9.59 Å². The minimum atomic E-state index is -0.690. The van der Waals surface area contributed by atoms with E-state index in [1.54, 1.807) is 46.9 Å². The molecule has 4 aromatic rings. The zero-order chi connectivity index (χ0) is 23.5. The Morgan fingerprint density at radius 3 is 2.74 bits per heavy atom. The van der Waals surface area contributed by atoms with Crippen LogP contribution in [0.25, 0.3) is 4.96 Å². The summed E-state index contributed by atoms with van der Waals surface area (Å²) in [4.78, 5) is 32.1. The third-order valence-corrected chi connectivity index (χ3v) is 6.90. The zero-order valence-corrected chi connectivity index (χ0v) is 19.6. The molecule has 0 spiro atoms. The number of hydrogen-bond acceptors (Lipinski definition) is 6. The van der Waals surface area contributed by atoms with Crippen LogP contribution in [0.5, 0.6) is 11.5 Å². The topological polar surface area (TPSA) is 81.9 Å². The molecule has 0 aliphatic heterocycles. The number of amides is 1. The SMILES string of the molecule is C[C@H](Oc1ccccc1)C(=O)Nc1ccccc1OCc1cc(=O)n2c3c(sc2n1)CCCC3. The van der Waals surface area contributed by atoms with Gasteiger partial charge in [0.05, 0.1) is 11.4 Å². The van der Waals surface area contributed by atoms with Crippen molar-refractivity contribution in [3.8, 4) is 11.5 Å². The van der Waals surface area contributed by atoms with Crippen molar-refractivity contribution in [2.75, 3.05) is 5.32 Å². The van der Waals surface area contributed by atoms with Gasteiger partial charge in [-0.15, -0.1) is 11.3 Å². The molecule has 5 rings (SSSR count). The molecule has 1 atom stereocenters. The fraction of sp³-hybridized carbons (Fsp3) is 0.269. The summed E-state index contributed by atoms with van der Waals surface area (Å²) in [6.45, 7) is 1.82. The molecule has 1 aliphatic rings. The van der Waals surface area contributed by atoms with Crippen LogP contribution >= 0.6 is 11.3 Å². The minimum Gasteiger partial charge on any atom is -0.485 e. The Morgan fingerprint density at radius 1 is 1.12 bits per heavy atom. The van der Waals surface area contributed by atoms with E-state index < -0.39 is 6.10 Å². The first-order valence-electron chi connectivity index (χ1n) is 11.4. The fourth-order valence-electron chi connectivity index (χ4n) is 4.05. The van der Waals surface area contributed by atoms with Crippen LogP contribution in [0.1, 0.15) is 36.0 Å². The van der Waals surface area contributed by atoms with E-state index >= 15 is 0 Å². The van der Waals surface area contributed by atoms with Crippen LogP contribution in [0.4, 0.5) is 5.69 Å². The van der Waals surface area contributed by atoms with Crippen LogP contribution in [0.15, 0.2) is 65.5 Å². The van der Waals surface area contributed by atoms with Gasteiger partial charge in [-0.3, -0.25) is 14.0 Å². The maximum Gasteiger partial charge on any atom is 0.265 e. The number of carbonyl (C=O) groups is 1. The maximum absolute atomic E-state index is 12.8. The van der Waals surface area contributed by atoms with Crippen LogP contribution in [-0.2, 0) is 24.2 Å². The summed E-state index contributed by atoms with van der Waals surface area (Å²) in [6, 6.07) is 17.9. The summed E-state index contributed by atoms with van der Waals surface area (Å²) in [7, 11) is 0. The standard InChI is InChI=1S/C26H25N3O4S/c1-17(33-19-9-3-2-4-10-19)25(31)28-20-11-5-7-13-22(20)32-16-18-15-24(30)29-21-12-6-8-14-23(21)34-26(29)27-18/h2-5,7,9-11,13,15,17H,6,8,12,14,16H2,1H3,(H,28,31)/t17-/m0/s1. The molecule has 0 unspecified atom stereocenters. The van der Waals surface area contributed by atoms with Crippen molar-refractivity contribution < 1.29 is 14.3 Å². The largest absolute Gasteiger partial charge is 0.485 e. The van der Waals surface area contributed by atoms with Crippen molar-refractivity contribution in [3.05, 3.63) is 87.3 Å². The van der Waals surface area contributed by atoms with Crippen LogP contribution in [0, 0.1) is 0 Å². The molecule has 1 amide bonds. The van der Waals surface area contributed by atoms with Gasteiger partial charge < -0.3 is 14.8 Å². The van der Waals surface area contributed by atoms with E-state index in [1.807, 2.05) is 30.3 Å². The van der Waals surface area contributed by atoms with E-state index in [1.165, 1.54) is 10.9 Å². The van der Waals surface area contributed by atoms with Crippen molar-refractivity contribution in [1.82, 2.24) is 9.38 Å². The Balaban J connectivity index is 1.29. The van der Waals surface area contributed by atoms with Crippen molar-refractivity contribution in [3.63, 3.8) is 0 Å². The summed E-state index contributed by atoms with van der Waals surface area (Å²) < 4.78 is 13.4. The van der Waals surface area contributed by atoms with Gasteiger partial charge in [0.25, 0.3) is 11.5 Å². The van der Waals surface area contributed by atoms with Crippen LogP contribution in [-0.4, -0.2) is 21.4 Å². The summed E-state index contributed by atoms with van der Waals surface area (Å²) in [5.74, 6) is 0.829. The molecule has 1 aliphatic carbocycles. The number of carbonyl (C=O) groups excluding carboxylic acids is 1. The van der Waals surface area contributed by atoms with E-state index in [0.29, 0.717) is 27.8 Å². The molecular formula is C26H25N3O4S. The van der Waals surface area contributed by atoms with Crippen LogP contribution < -0.4 is 20.3 Å². The molecule has 174 valence electrons. The van der Waals surface area contributed by atoms with Gasteiger partial charge in [0, 0.05) is 16.6 Å². The number of aromatic nitrogens is 2. The fourth-order valence-corrected chi connectivity index (χ4v) is 5.29. The van der Waals surface area contributed by atoms with Gasteiger partial charge in [0.15, 0.2) is 11.1 Å². The third-order valence-electron chi connectivity index (χ3n) is 5.76. The molecule has 0 radical (unpaired) electrons. The molecule has 34 heavy (non-hydrogen) atoms. The molecule has 2 aromatic carbocycles. The smallest absolute Gasteiger partial charge is 0.265 e. The van der Waals surface area contributed by atoms with Crippen LogP contribution in [0.3, 0.4) is 0 Å². The summed E-state index contributed by atoms with van der Waals surface area (Å²) in [6.07, 6.45) is 3.50. The van der Waals surface area contributed by atoms with Gasteiger partial charge >= 0.3 is 0 Å². The lowest BCUT2D eigenvalue weighted by molar-refractivity contribution is -0.122.